The number of ether oxygens (including phenoxy) is 3. The second kappa shape index (κ2) is 9.42. The number of amides is 2. The summed E-state index contributed by atoms with van der Waals surface area (Å²) in [4.78, 5) is 24.4. The van der Waals surface area contributed by atoms with Crippen LogP contribution in [0.2, 0.25) is 0 Å². The van der Waals surface area contributed by atoms with Crippen molar-refractivity contribution in [2.75, 3.05) is 21.3 Å². The van der Waals surface area contributed by atoms with Crippen LogP contribution in [0.4, 0.5) is 0 Å². The van der Waals surface area contributed by atoms with Gasteiger partial charge in [0.2, 0.25) is 5.75 Å². The Morgan fingerprint density at radius 1 is 0.929 bits per heavy atom. The molecule has 0 aromatic heterocycles. The van der Waals surface area contributed by atoms with E-state index in [1.807, 2.05) is 0 Å². The van der Waals surface area contributed by atoms with Gasteiger partial charge in [-0.05, 0) is 36.5 Å². The van der Waals surface area contributed by atoms with Crippen molar-refractivity contribution in [2.24, 2.45) is 0 Å². The average Bonchev–Trinajstić information content (AvgIpc) is 2.70. The number of benzene rings is 2. The van der Waals surface area contributed by atoms with Crippen LogP contribution in [0.1, 0.15) is 20.7 Å². The van der Waals surface area contributed by atoms with E-state index in [1.165, 1.54) is 45.6 Å². The first kappa shape index (κ1) is 20.8. The summed E-state index contributed by atoms with van der Waals surface area (Å²) >= 11 is 5.00. The molecule has 0 aliphatic rings. The number of phenols is 1. The van der Waals surface area contributed by atoms with Gasteiger partial charge in [-0.2, -0.15) is 0 Å². The van der Waals surface area contributed by atoms with Gasteiger partial charge in [-0.1, -0.05) is 12.1 Å². The highest BCUT2D eigenvalue weighted by Gasteiger charge is 2.18. The Labute approximate surface area is 166 Å². The van der Waals surface area contributed by atoms with Gasteiger partial charge in [0.1, 0.15) is 5.75 Å². The second-order valence-corrected chi connectivity index (χ2v) is 5.70. The van der Waals surface area contributed by atoms with Crippen LogP contribution < -0.4 is 30.4 Å². The molecule has 2 aromatic carbocycles. The molecule has 0 aliphatic heterocycles. The zero-order valence-corrected chi connectivity index (χ0v) is 16.2. The van der Waals surface area contributed by atoms with Crippen molar-refractivity contribution < 1.29 is 28.9 Å². The molecule has 0 unspecified atom stereocenters. The number of hydrazine groups is 1. The van der Waals surface area contributed by atoms with Crippen molar-refractivity contribution in [3.8, 4) is 23.0 Å². The number of hydrogen-bond donors (Lipinski definition) is 4. The van der Waals surface area contributed by atoms with Crippen LogP contribution in [0.15, 0.2) is 36.4 Å². The van der Waals surface area contributed by atoms with Crippen molar-refractivity contribution in [1.82, 2.24) is 16.2 Å². The number of carbonyl (C=O) groups is 2. The molecule has 2 aromatic rings. The highest BCUT2D eigenvalue weighted by atomic mass is 32.1. The van der Waals surface area contributed by atoms with Gasteiger partial charge in [-0.25, -0.2) is 0 Å². The number of carbonyl (C=O) groups excluding carboxylic acids is 2. The fourth-order valence-electron chi connectivity index (χ4n) is 2.27. The van der Waals surface area contributed by atoms with Crippen LogP contribution in [0.5, 0.6) is 23.0 Å². The van der Waals surface area contributed by atoms with Gasteiger partial charge in [-0.3, -0.25) is 25.8 Å². The largest absolute Gasteiger partial charge is 0.507 e. The number of phenolic OH excluding ortho intramolecular Hbond substituents is 1. The SMILES string of the molecule is COc1cc(C(=O)NC(=S)NNC(=O)c2ccccc2O)cc(OC)c1OC. The number of aromatic hydroxyl groups is 1. The lowest BCUT2D eigenvalue weighted by molar-refractivity contribution is 0.0932. The molecular formula is C18H19N3O6S. The number of nitrogens with one attached hydrogen (secondary N) is 3. The Balaban J connectivity index is 2.03. The first-order valence-electron chi connectivity index (χ1n) is 7.91. The summed E-state index contributed by atoms with van der Waals surface area (Å²) in [5.74, 6) is -0.417. The first-order valence-corrected chi connectivity index (χ1v) is 8.31. The monoisotopic (exact) mass is 405 g/mol. The maximum atomic E-state index is 12.4. The molecule has 10 heteroatoms. The molecule has 2 amide bonds. The molecule has 0 heterocycles. The average molecular weight is 405 g/mol. The number of rotatable bonds is 5. The molecule has 2 rings (SSSR count). The van der Waals surface area contributed by atoms with E-state index in [2.05, 4.69) is 16.2 Å². The zero-order valence-electron chi connectivity index (χ0n) is 15.4. The molecule has 0 aliphatic carbocycles. The normalized spacial score (nSPS) is 9.82. The minimum atomic E-state index is -0.623. The van der Waals surface area contributed by atoms with Gasteiger partial charge in [0.15, 0.2) is 16.6 Å². The molecule has 28 heavy (non-hydrogen) atoms. The zero-order chi connectivity index (χ0) is 20.7. The minimum Gasteiger partial charge on any atom is -0.507 e. The van der Waals surface area contributed by atoms with E-state index in [-0.39, 0.29) is 22.0 Å². The van der Waals surface area contributed by atoms with Crippen LogP contribution >= 0.6 is 12.2 Å². The van der Waals surface area contributed by atoms with Gasteiger partial charge >= 0.3 is 0 Å². The maximum Gasteiger partial charge on any atom is 0.273 e. The predicted octanol–water partition coefficient (Wildman–Crippen LogP) is 1.37. The molecule has 4 N–H and O–H groups in total. The highest BCUT2D eigenvalue weighted by Crippen LogP contribution is 2.38. The van der Waals surface area contributed by atoms with Gasteiger partial charge < -0.3 is 19.3 Å². The minimum absolute atomic E-state index is 0.0498. The molecule has 0 fully saturated rings. The van der Waals surface area contributed by atoms with E-state index in [4.69, 9.17) is 26.4 Å². The lowest BCUT2D eigenvalue weighted by Gasteiger charge is -2.15. The third-order valence-corrected chi connectivity index (χ3v) is 3.80. The van der Waals surface area contributed by atoms with E-state index in [9.17, 15) is 14.7 Å². The standard InChI is InChI=1S/C18H19N3O6S/c1-25-13-8-10(9-14(26-2)15(13)27-3)16(23)19-18(28)21-20-17(24)11-6-4-5-7-12(11)22/h4-9,22H,1-3H3,(H,20,24)(H2,19,21,23,28). The topological polar surface area (TPSA) is 118 Å². The molecule has 9 nitrogen and oxygen atoms in total. The summed E-state index contributed by atoms with van der Waals surface area (Å²) in [5, 5.41) is 11.9. The lowest BCUT2D eigenvalue weighted by Crippen LogP contribution is -2.48. The van der Waals surface area contributed by atoms with Crippen LogP contribution in [0.25, 0.3) is 0 Å². The summed E-state index contributed by atoms with van der Waals surface area (Å²) in [7, 11) is 4.31. The summed E-state index contributed by atoms with van der Waals surface area (Å²) in [6.45, 7) is 0. The smallest absolute Gasteiger partial charge is 0.273 e. The van der Waals surface area contributed by atoms with Gasteiger partial charge in [0.25, 0.3) is 11.8 Å². The molecule has 0 atom stereocenters. The number of para-hydroxylation sites is 1. The van der Waals surface area contributed by atoms with Gasteiger partial charge in [-0.15, -0.1) is 0 Å². The second-order valence-electron chi connectivity index (χ2n) is 5.29. The lowest BCUT2D eigenvalue weighted by atomic mass is 10.1. The van der Waals surface area contributed by atoms with Crippen molar-refractivity contribution in [3.63, 3.8) is 0 Å². The number of hydrogen-bond acceptors (Lipinski definition) is 7. The summed E-state index contributed by atoms with van der Waals surface area (Å²) in [6.07, 6.45) is 0. The van der Waals surface area contributed by atoms with E-state index >= 15 is 0 Å². The van der Waals surface area contributed by atoms with Crippen LogP contribution in [-0.4, -0.2) is 43.4 Å². The highest BCUT2D eigenvalue weighted by molar-refractivity contribution is 7.80. The van der Waals surface area contributed by atoms with Crippen molar-refractivity contribution in [1.29, 1.82) is 0 Å². The van der Waals surface area contributed by atoms with Gasteiger partial charge in [0.05, 0.1) is 26.9 Å². The Kier molecular flexibility index (Phi) is 6.99. The molecule has 0 spiro atoms. The molecule has 0 saturated heterocycles. The summed E-state index contributed by atoms with van der Waals surface area (Å²) in [6, 6.07) is 8.91. The maximum absolute atomic E-state index is 12.4. The molecule has 0 saturated carbocycles. The van der Waals surface area contributed by atoms with Crippen LogP contribution in [0, 0.1) is 0 Å². The fraction of sp³-hybridized carbons (Fsp3) is 0.167. The third kappa shape index (κ3) is 4.80. The first-order chi connectivity index (χ1) is 13.4. The molecular weight excluding hydrogens is 386 g/mol. The fourth-order valence-corrected chi connectivity index (χ4v) is 2.41. The van der Waals surface area contributed by atoms with Crippen molar-refractivity contribution in [3.05, 3.63) is 47.5 Å². The van der Waals surface area contributed by atoms with E-state index in [0.717, 1.165) is 0 Å². The Morgan fingerprint density at radius 2 is 1.54 bits per heavy atom. The van der Waals surface area contributed by atoms with Gasteiger partial charge in [0, 0.05) is 5.56 Å². The third-order valence-electron chi connectivity index (χ3n) is 3.59. The Hall–Kier alpha value is -3.53. The number of methoxy groups -OCH3 is 3. The Morgan fingerprint density at radius 3 is 2.07 bits per heavy atom. The molecule has 0 radical (unpaired) electrons. The Bertz CT molecular complexity index is 878. The summed E-state index contributed by atoms with van der Waals surface area (Å²) < 4.78 is 15.6. The van der Waals surface area contributed by atoms with E-state index in [1.54, 1.807) is 12.1 Å². The van der Waals surface area contributed by atoms with Crippen LogP contribution in [0.3, 0.4) is 0 Å². The number of thiocarbonyl (C=S) groups is 1. The molecule has 0 bridgehead atoms. The van der Waals surface area contributed by atoms with Crippen molar-refractivity contribution >= 4 is 29.1 Å². The summed E-state index contributed by atoms with van der Waals surface area (Å²) in [5.41, 5.74) is 4.93. The van der Waals surface area contributed by atoms with Crippen LogP contribution in [-0.2, 0) is 0 Å². The van der Waals surface area contributed by atoms with E-state index in [0.29, 0.717) is 17.2 Å². The van der Waals surface area contributed by atoms with E-state index < -0.39 is 11.8 Å². The molecule has 148 valence electrons. The quantitative estimate of drug-likeness (QED) is 0.435. The van der Waals surface area contributed by atoms with Crippen molar-refractivity contribution in [2.45, 2.75) is 0 Å². The predicted molar refractivity (Wildman–Crippen MR) is 105 cm³/mol.